The van der Waals surface area contributed by atoms with Crippen molar-refractivity contribution in [3.63, 3.8) is 0 Å². The Morgan fingerprint density at radius 2 is 2.16 bits per heavy atom. The van der Waals surface area contributed by atoms with Gasteiger partial charge in [-0.25, -0.2) is 4.98 Å². The number of alkyl halides is 3. The molecule has 0 amide bonds. The first-order chi connectivity index (χ1) is 8.78. The third kappa shape index (κ3) is 3.98. The van der Waals surface area contributed by atoms with Crippen molar-refractivity contribution in [2.24, 2.45) is 5.73 Å². The molecule has 3 N–H and O–H groups in total. The van der Waals surface area contributed by atoms with Gasteiger partial charge < -0.3 is 20.3 Å². The molecule has 19 heavy (non-hydrogen) atoms. The molecule has 0 atom stereocenters. The number of aromatic nitrogens is 1. The largest absolute Gasteiger partial charge is 0.574 e. The molecule has 0 saturated heterocycles. The molecular formula is C10H11F3N2O4. The van der Waals surface area contributed by atoms with Crippen LogP contribution in [-0.4, -0.2) is 29.5 Å². The van der Waals surface area contributed by atoms with Crippen LogP contribution in [0, 0.1) is 0 Å². The minimum atomic E-state index is -4.93. The van der Waals surface area contributed by atoms with E-state index in [2.05, 4.69) is 9.72 Å². The second-order valence-electron chi connectivity index (χ2n) is 3.42. The van der Waals surface area contributed by atoms with E-state index in [9.17, 15) is 18.0 Å². The highest BCUT2D eigenvalue weighted by molar-refractivity contribution is 5.71. The topological polar surface area (TPSA) is 94.7 Å². The van der Waals surface area contributed by atoms with Gasteiger partial charge in [0.15, 0.2) is 5.75 Å². The monoisotopic (exact) mass is 280 g/mol. The van der Waals surface area contributed by atoms with E-state index in [-0.39, 0.29) is 23.4 Å². The molecule has 1 rings (SSSR count). The van der Waals surface area contributed by atoms with E-state index < -0.39 is 24.6 Å². The van der Waals surface area contributed by atoms with Crippen molar-refractivity contribution >= 4 is 5.97 Å². The summed E-state index contributed by atoms with van der Waals surface area (Å²) in [6, 6.07) is 0. The van der Waals surface area contributed by atoms with E-state index in [1.807, 2.05) is 0 Å². The van der Waals surface area contributed by atoms with Gasteiger partial charge in [0, 0.05) is 18.3 Å². The summed E-state index contributed by atoms with van der Waals surface area (Å²) in [6.45, 7) is -0.206. The van der Waals surface area contributed by atoms with Crippen LogP contribution < -0.4 is 15.2 Å². The second kappa shape index (κ2) is 5.74. The highest BCUT2D eigenvalue weighted by Crippen LogP contribution is 2.34. The first kappa shape index (κ1) is 15.0. The molecule has 0 unspecified atom stereocenters. The quantitative estimate of drug-likeness (QED) is 0.838. The summed E-state index contributed by atoms with van der Waals surface area (Å²) in [6.07, 6.45) is -4.39. The van der Waals surface area contributed by atoms with Gasteiger partial charge in [0.2, 0.25) is 0 Å². The third-order valence-electron chi connectivity index (χ3n) is 2.16. The molecule has 1 aromatic rings. The summed E-state index contributed by atoms with van der Waals surface area (Å²) in [5.74, 6) is -2.29. The highest BCUT2D eigenvalue weighted by atomic mass is 19.4. The average Bonchev–Trinajstić information content (AvgIpc) is 2.27. The van der Waals surface area contributed by atoms with Crippen molar-refractivity contribution < 1.29 is 32.5 Å². The van der Waals surface area contributed by atoms with Crippen molar-refractivity contribution in [3.8, 4) is 11.6 Å². The van der Waals surface area contributed by atoms with Crippen LogP contribution in [-0.2, 0) is 17.8 Å². The Morgan fingerprint density at radius 1 is 1.53 bits per heavy atom. The second-order valence-corrected chi connectivity index (χ2v) is 3.42. The van der Waals surface area contributed by atoms with Crippen molar-refractivity contribution in [1.29, 1.82) is 0 Å². The number of nitrogens with zero attached hydrogens (tertiary/aromatic N) is 1. The van der Waals surface area contributed by atoms with Gasteiger partial charge in [-0.05, 0) is 5.56 Å². The normalized spacial score (nSPS) is 11.2. The maximum atomic E-state index is 12.2. The fourth-order valence-electron chi connectivity index (χ4n) is 1.48. The number of carbonyl (C=O) groups is 1. The maximum absolute atomic E-state index is 12.2. The van der Waals surface area contributed by atoms with Crippen LogP contribution in [0.15, 0.2) is 6.20 Å². The SMILES string of the molecule is COc1c(OC(F)(F)F)ncc(CC(=O)O)c1CN. The third-order valence-corrected chi connectivity index (χ3v) is 2.16. The number of nitrogens with two attached hydrogens (primary N) is 1. The van der Waals surface area contributed by atoms with Gasteiger partial charge in [-0.2, -0.15) is 0 Å². The molecule has 6 nitrogen and oxygen atoms in total. The standard InChI is InChI=1S/C10H11F3N2O4/c1-18-8-6(3-14)5(2-7(16)17)4-15-9(8)19-10(11,12)13/h4H,2-3,14H2,1H3,(H,16,17). The van der Waals surface area contributed by atoms with Crippen LogP contribution in [0.5, 0.6) is 11.6 Å². The zero-order valence-corrected chi connectivity index (χ0v) is 9.82. The van der Waals surface area contributed by atoms with Crippen molar-refractivity contribution in [2.45, 2.75) is 19.3 Å². The number of methoxy groups -OCH3 is 1. The number of hydrogen-bond acceptors (Lipinski definition) is 5. The number of rotatable bonds is 5. The van der Waals surface area contributed by atoms with Crippen molar-refractivity contribution in [2.75, 3.05) is 7.11 Å². The van der Waals surface area contributed by atoms with Gasteiger partial charge in [-0.1, -0.05) is 0 Å². The van der Waals surface area contributed by atoms with Gasteiger partial charge in [0.1, 0.15) is 0 Å². The van der Waals surface area contributed by atoms with Crippen LogP contribution in [0.25, 0.3) is 0 Å². The molecule has 0 saturated carbocycles. The average molecular weight is 280 g/mol. The summed E-state index contributed by atoms with van der Waals surface area (Å²) in [7, 11) is 1.12. The number of carboxylic acids is 1. The van der Waals surface area contributed by atoms with E-state index in [4.69, 9.17) is 15.6 Å². The molecule has 0 radical (unpaired) electrons. The molecule has 0 aliphatic heterocycles. The van der Waals surface area contributed by atoms with Crippen LogP contribution in [0.4, 0.5) is 13.2 Å². The zero-order chi connectivity index (χ0) is 14.6. The van der Waals surface area contributed by atoms with Crippen molar-refractivity contribution in [3.05, 3.63) is 17.3 Å². The number of pyridine rings is 1. The lowest BCUT2D eigenvalue weighted by Gasteiger charge is -2.16. The Balaban J connectivity index is 3.26. The predicted molar refractivity (Wildman–Crippen MR) is 56.7 cm³/mol. The smallest absolute Gasteiger partial charge is 0.491 e. The van der Waals surface area contributed by atoms with Crippen LogP contribution in [0.3, 0.4) is 0 Å². The molecule has 1 heterocycles. The number of hydrogen-bond donors (Lipinski definition) is 2. The summed E-state index contributed by atoms with van der Waals surface area (Å²) in [5, 5.41) is 8.69. The van der Waals surface area contributed by atoms with E-state index in [0.29, 0.717) is 0 Å². The number of carboxylic acid groups (broad SMARTS) is 1. The molecule has 0 aliphatic carbocycles. The van der Waals surface area contributed by atoms with Gasteiger partial charge in [0.25, 0.3) is 5.88 Å². The fraction of sp³-hybridized carbons (Fsp3) is 0.400. The van der Waals surface area contributed by atoms with Gasteiger partial charge in [-0.3, -0.25) is 4.79 Å². The van der Waals surface area contributed by atoms with E-state index in [0.717, 1.165) is 13.3 Å². The lowest BCUT2D eigenvalue weighted by atomic mass is 10.1. The molecule has 1 aromatic heterocycles. The Labute approximate surface area is 105 Å². The Morgan fingerprint density at radius 3 is 2.58 bits per heavy atom. The Kier molecular flexibility index (Phi) is 4.54. The lowest BCUT2D eigenvalue weighted by molar-refractivity contribution is -0.276. The summed E-state index contributed by atoms with van der Waals surface area (Å²) < 4.78 is 44.9. The van der Waals surface area contributed by atoms with Gasteiger partial charge >= 0.3 is 12.3 Å². The summed E-state index contributed by atoms with van der Waals surface area (Å²) in [5.41, 5.74) is 5.68. The number of ether oxygens (including phenoxy) is 2. The minimum absolute atomic E-state index is 0.110. The predicted octanol–water partition coefficient (Wildman–Crippen LogP) is 1.07. The fourth-order valence-corrected chi connectivity index (χ4v) is 1.48. The molecular weight excluding hydrogens is 269 g/mol. The summed E-state index contributed by atoms with van der Waals surface area (Å²) in [4.78, 5) is 14.0. The molecule has 106 valence electrons. The van der Waals surface area contributed by atoms with Crippen molar-refractivity contribution in [1.82, 2.24) is 4.98 Å². The van der Waals surface area contributed by atoms with Crippen LogP contribution in [0.2, 0.25) is 0 Å². The van der Waals surface area contributed by atoms with Gasteiger partial charge in [0.05, 0.1) is 13.5 Å². The van der Waals surface area contributed by atoms with Gasteiger partial charge in [-0.15, -0.1) is 13.2 Å². The number of aliphatic carboxylic acids is 1. The summed E-state index contributed by atoms with van der Waals surface area (Å²) >= 11 is 0. The zero-order valence-electron chi connectivity index (χ0n) is 9.82. The lowest BCUT2D eigenvalue weighted by Crippen LogP contribution is -2.20. The molecule has 0 spiro atoms. The highest BCUT2D eigenvalue weighted by Gasteiger charge is 2.34. The molecule has 0 bridgehead atoms. The first-order valence-corrected chi connectivity index (χ1v) is 5.00. The molecule has 0 aromatic carbocycles. The Bertz CT molecular complexity index is 477. The van der Waals surface area contributed by atoms with E-state index in [1.165, 1.54) is 0 Å². The maximum Gasteiger partial charge on any atom is 0.574 e. The molecule has 0 fully saturated rings. The van der Waals surface area contributed by atoms with E-state index in [1.54, 1.807) is 0 Å². The minimum Gasteiger partial charge on any atom is -0.491 e. The van der Waals surface area contributed by atoms with Crippen LogP contribution in [0.1, 0.15) is 11.1 Å². The molecule has 0 aliphatic rings. The Hall–Kier alpha value is -2.03. The van der Waals surface area contributed by atoms with Crippen LogP contribution >= 0.6 is 0 Å². The first-order valence-electron chi connectivity index (χ1n) is 5.00. The number of halogens is 3. The van der Waals surface area contributed by atoms with E-state index >= 15 is 0 Å². The molecule has 9 heteroatoms.